The maximum atomic E-state index is 11.6. The smallest absolute Gasteiger partial charge is 0.325 e. The third-order valence-corrected chi connectivity index (χ3v) is 4.19. The van der Waals surface area contributed by atoms with Crippen molar-refractivity contribution in [2.45, 2.75) is 0 Å². The zero-order valence-corrected chi connectivity index (χ0v) is 14.6. The van der Waals surface area contributed by atoms with Crippen molar-refractivity contribution in [3.05, 3.63) is 54.2 Å². The van der Waals surface area contributed by atoms with Crippen LogP contribution in [-0.2, 0) is 9.53 Å². The van der Waals surface area contributed by atoms with Gasteiger partial charge < -0.3 is 15.4 Å². The zero-order valence-electron chi connectivity index (χ0n) is 14.6. The summed E-state index contributed by atoms with van der Waals surface area (Å²) in [5, 5.41) is 11.2. The van der Waals surface area contributed by atoms with Crippen LogP contribution in [0.1, 0.15) is 5.56 Å². The monoisotopic (exact) mass is 346 g/mol. The number of hydrogen-bond donors (Lipinski definition) is 1. The predicted molar refractivity (Wildman–Crippen MR) is 102 cm³/mol. The molecule has 3 rings (SSSR count). The fourth-order valence-corrected chi connectivity index (χ4v) is 2.90. The number of aromatic nitrogens is 1. The second-order valence-electron chi connectivity index (χ2n) is 5.89. The maximum absolute atomic E-state index is 11.6. The molecule has 26 heavy (non-hydrogen) atoms. The first-order valence-electron chi connectivity index (χ1n) is 8.01. The number of fused-ring (bicyclic) bond motifs is 1. The Kier molecular flexibility index (Phi) is 4.72. The first-order valence-corrected chi connectivity index (χ1v) is 8.01. The minimum Gasteiger partial charge on any atom is -0.468 e. The summed E-state index contributed by atoms with van der Waals surface area (Å²) in [6.07, 6.45) is 1.72. The van der Waals surface area contributed by atoms with Crippen LogP contribution in [0, 0.1) is 11.3 Å². The number of likely N-dealkylation sites (N-methyl/N-ethyl adjacent to an activating group) is 1. The molecule has 6 heteroatoms. The van der Waals surface area contributed by atoms with E-state index >= 15 is 0 Å². The molecule has 1 heterocycles. The number of methoxy groups -OCH3 is 1. The van der Waals surface area contributed by atoms with Gasteiger partial charge in [-0.1, -0.05) is 24.3 Å². The van der Waals surface area contributed by atoms with E-state index in [1.54, 1.807) is 24.2 Å². The molecule has 0 aliphatic rings. The number of nitrogens with zero attached hydrogens (tertiary/aromatic N) is 3. The largest absolute Gasteiger partial charge is 0.468 e. The van der Waals surface area contributed by atoms with Gasteiger partial charge in [-0.2, -0.15) is 5.26 Å². The number of nitrogens with two attached hydrogens (primary N) is 1. The van der Waals surface area contributed by atoms with Gasteiger partial charge in [-0.3, -0.25) is 4.79 Å². The lowest BCUT2D eigenvalue weighted by Crippen LogP contribution is -2.27. The van der Waals surface area contributed by atoms with Crippen LogP contribution in [0.15, 0.2) is 48.7 Å². The molecule has 0 bridgehead atoms. The highest BCUT2D eigenvalue weighted by Gasteiger charge is 2.17. The molecule has 0 amide bonds. The molecule has 0 saturated heterocycles. The zero-order chi connectivity index (χ0) is 18.7. The number of hydrogen-bond acceptors (Lipinski definition) is 6. The fourth-order valence-electron chi connectivity index (χ4n) is 2.90. The Morgan fingerprint density at radius 2 is 2.00 bits per heavy atom. The first-order chi connectivity index (χ1) is 12.5. The van der Waals surface area contributed by atoms with Crippen molar-refractivity contribution in [1.82, 2.24) is 4.98 Å². The standard InChI is InChI=1S/C20H18N4O2/c1-24(12-18(25)26-2)20-16-5-3-4-14(10-21)19(16)17(11-23-20)13-6-8-15(22)9-7-13/h3-9,11H,12,22H2,1-2H3. The molecule has 0 radical (unpaired) electrons. The van der Waals surface area contributed by atoms with Gasteiger partial charge in [0.25, 0.3) is 0 Å². The number of benzene rings is 2. The van der Waals surface area contributed by atoms with Crippen LogP contribution >= 0.6 is 0 Å². The quantitative estimate of drug-likeness (QED) is 0.577. The SMILES string of the molecule is COC(=O)CN(C)c1ncc(-c2ccc(N)cc2)c2c(C#N)cccc12. The summed E-state index contributed by atoms with van der Waals surface area (Å²) < 4.78 is 4.73. The average molecular weight is 346 g/mol. The van der Waals surface area contributed by atoms with E-state index in [9.17, 15) is 10.1 Å². The Labute approximate surface area is 151 Å². The Bertz CT molecular complexity index is 1010. The van der Waals surface area contributed by atoms with Crippen LogP contribution in [0.2, 0.25) is 0 Å². The highest BCUT2D eigenvalue weighted by Crippen LogP contribution is 2.35. The summed E-state index contributed by atoms with van der Waals surface area (Å²) in [5.74, 6) is 0.253. The Morgan fingerprint density at radius 1 is 1.27 bits per heavy atom. The summed E-state index contributed by atoms with van der Waals surface area (Å²) in [6, 6.07) is 15.2. The van der Waals surface area contributed by atoms with Crippen molar-refractivity contribution in [1.29, 1.82) is 5.26 Å². The minimum atomic E-state index is -0.360. The summed E-state index contributed by atoms with van der Waals surface area (Å²) in [4.78, 5) is 17.9. The van der Waals surface area contributed by atoms with Crippen molar-refractivity contribution in [3.63, 3.8) is 0 Å². The molecule has 0 fully saturated rings. The lowest BCUT2D eigenvalue weighted by atomic mass is 9.96. The summed E-state index contributed by atoms with van der Waals surface area (Å²) in [5.41, 5.74) is 8.75. The Morgan fingerprint density at radius 3 is 2.65 bits per heavy atom. The first kappa shape index (κ1) is 17.2. The number of esters is 1. The van der Waals surface area contributed by atoms with E-state index in [2.05, 4.69) is 11.1 Å². The molecule has 2 aromatic carbocycles. The van der Waals surface area contributed by atoms with E-state index < -0.39 is 0 Å². The van der Waals surface area contributed by atoms with Gasteiger partial charge in [0.1, 0.15) is 12.4 Å². The molecule has 0 aliphatic heterocycles. The van der Waals surface area contributed by atoms with Gasteiger partial charge in [0.05, 0.1) is 18.7 Å². The highest BCUT2D eigenvalue weighted by molar-refractivity contribution is 6.05. The van der Waals surface area contributed by atoms with Crippen molar-refractivity contribution in [3.8, 4) is 17.2 Å². The maximum Gasteiger partial charge on any atom is 0.325 e. The van der Waals surface area contributed by atoms with Gasteiger partial charge >= 0.3 is 5.97 Å². The molecule has 6 nitrogen and oxygen atoms in total. The molecular formula is C20H18N4O2. The summed E-state index contributed by atoms with van der Waals surface area (Å²) >= 11 is 0. The topological polar surface area (TPSA) is 92.2 Å². The van der Waals surface area contributed by atoms with Gasteiger partial charge in [0.2, 0.25) is 0 Å². The normalized spacial score (nSPS) is 10.3. The van der Waals surface area contributed by atoms with Gasteiger partial charge in [-0.05, 0) is 23.8 Å². The number of carbonyl (C=O) groups excluding carboxylic acids is 1. The number of pyridine rings is 1. The van der Waals surface area contributed by atoms with Crippen LogP contribution in [0.3, 0.4) is 0 Å². The Hall–Kier alpha value is -3.59. The Balaban J connectivity index is 2.23. The van der Waals surface area contributed by atoms with Gasteiger partial charge in [-0.25, -0.2) is 4.98 Å². The number of rotatable bonds is 4. The summed E-state index contributed by atoms with van der Waals surface area (Å²) in [6.45, 7) is 0.0661. The van der Waals surface area contributed by atoms with Crippen molar-refractivity contribution < 1.29 is 9.53 Å². The third-order valence-electron chi connectivity index (χ3n) is 4.19. The summed E-state index contributed by atoms with van der Waals surface area (Å²) in [7, 11) is 3.11. The van der Waals surface area contributed by atoms with Crippen LogP contribution in [0.25, 0.3) is 21.9 Å². The lowest BCUT2D eigenvalue weighted by molar-refractivity contribution is -0.138. The number of ether oxygens (including phenoxy) is 1. The van der Waals surface area contributed by atoms with E-state index in [1.165, 1.54) is 7.11 Å². The van der Waals surface area contributed by atoms with Crippen LogP contribution in [0.5, 0.6) is 0 Å². The number of carbonyl (C=O) groups is 1. The van der Waals surface area contributed by atoms with E-state index in [1.807, 2.05) is 36.4 Å². The second-order valence-corrected chi connectivity index (χ2v) is 5.89. The van der Waals surface area contributed by atoms with E-state index in [0.29, 0.717) is 17.1 Å². The van der Waals surface area contributed by atoms with E-state index in [-0.39, 0.29) is 12.5 Å². The number of anilines is 2. The van der Waals surface area contributed by atoms with E-state index in [4.69, 9.17) is 10.5 Å². The molecule has 1 aromatic heterocycles. The molecule has 0 spiro atoms. The van der Waals surface area contributed by atoms with Gasteiger partial charge in [0, 0.05) is 35.3 Å². The molecule has 0 aliphatic carbocycles. The molecule has 3 aromatic rings. The lowest BCUT2D eigenvalue weighted by Gasteiger charge is -2.20. The molecule has 0 saturated carbocycles. The van der Waals surface area contributed by atoms with Gasteiger partial charge in [0.15, 0.2) is 0 Å². The molecule has 0 unspecified atom stereocenters. The average Bonchev–Trinajstić information content (AvgIpc) is 2.67. The molecular weight excluding hydrogens is 328 g/mol. The minimum absolute atomic E-state index is 0.0661. The number of nitriles is 1. The molecule has 2 N–H and O–H groups in total. The fraction of sp³-hybridized carbons (Fsp3) is 0.150. The number of nitrogen functional groups attached to an aromatic ring is 1. The van der Waals surface area contributed by atoms with E-state index in [0.717, 1.165) is 21.9 Å². The van der Waals surface area contributed by atoms with Crippen LogP contribution in [0.4, 0.5) is 11.5 Å². The second kappa shape index (κ2) is 7.11. The van der Waals surface area contributed by atoms with Crippen molar-refractivity contribution in [2.75, 3.05) is 31.3 Å². The highest BCUT2D eigenvalue weighted by atomic mass is 16.5. The predicted octanol–water partition coefficient (Wildman–Crippen LogP) is 2.96. The molecule has 0 atom stereocenters. The van der Waals surface area contributed by atoms with Crippen molar-refractivity contribution in [2.24, 2.45) is 0 Å². The molecule has 130 valence electrons. The third kappa shape index (κ3) is 3.15. The van der Waals surface area contributed by atoms with Crippen molar-refractivity contribution >= 4 is 28.2 Å². The van der Waals surface area contributed by atoms with Gasteiger partial charge in [-0.15, -0.1) is 0 Å². The van der Waals surface area contributed by atoms with Crippen LogP contribution in [-0.4, -0.2) is 31.7 Å². The van der Waals surface area contributed by atoms with Crippen LogP contribution < -0.4 is 10.6 Å².